The standard InChI is InChI=1S/C17H10O5/c1-2-10-4-3-5-11(6-10)15(18)12-7-13(16(19)20)9-14(8-12)17(21)22/h1,3-9H,(H,19,20)(H,21,22). The summed E-state index contributed by atoms with van der Waals surface area (Å²) in [4.78, 5) is 34.5. The van der Waals surface area contributed by atoms with Crippen molar-refractivity contribution in [1.82, 2.24) is 0 Å². The van der Waals surface area contributed by atoms with Gasteiger partial charge in [-0.05, 0) is 30.3 Å². The van der Waals surface area contributed by atoms with Gasteiger partial charge >= 0.3 is 11.9 Å². The molecule has 0 aliphatic carbocycles. The van der Waals surface area contributed by atoms with Crippen LogP contribution in [-0.4, -0.2) is 27.9 Å². The highest BCUT2D eigenvalue weighted by atomic mass is 16.4. The first-order valence-electron chi connectivity index (χ1n) is 6.15. The zero-order chi connectivity index (χ0) is 16.3. The van der Waals surface area contributed by atoms with Crippen LogP contribution >= 0.6 is 0 Å². The average molecular weight is 294 g/mol. The maximum Gasteiger partial charge on any atom is 0.335 e. The van der Waals surface area contributed by atoms with Crippen molar-refractivity contribution in [3.8, 4) is 12.3 Å². The number of benzene rings is 2. The minimum Gasteiger partial charge on any atom is -0.478 e. The van der Waals surface area contributed by atoms with E-state index in [1.165, 1.54) is 12.1 Å². The molecule has 5 nitrogen and oxygen atoms in total. The van der Waals surface area contributed by atoms with Crippen molar-refractivity contribution in [2.24, 2.45) is 0 Å². The SMILES string of the molecule is C#Cc1cccc(C(=O)c2cc(C(=O)O)cc(C(=O)O)c2)c1. The highest BCUT2D eigenvalue weighted by Crippen LogP contribution is 2.16. The van der Waals surface area contributed by atoms with Crippen molar-refractivity contribution in [3.63, 3.8) is 0 Å². The topological polar surface area (TPSA) is 91.7 Å². The Morgan fingerprint density at radius 3 is 1.86 bits per heavy atom. The van der Waals surface area contributed by atoms with Gasteiger partial charge in [-0.1, -0.05) is 18.1 Å². The predicted molar refractivity (Wildman–Crippen MR) is 78.2 cm³/mol. The first-order chi connectivity index (χ1) is 10.4. The van der Waals surface area contributed by atoms with Crippen LogP contribution in [0.3, 0.4) is 0 Å². The number of aromatic carboxylic acids is 2. The maximum absolute atomic E-state index is 12.4. The van der Waals surface area contributed by atoms with Crippen LogP contribution in [0.4, 0.5) is 0 Å². The van der Waals surface area contributed by atoms with Crippen LogP contribution in [0.2, 0.25) is 0 Å². The fraction of sp³-hybridized carbons (Fsp3) is 0. The quantitative estimate of drug-likeness (QED) is 0.667. The van der Waals surface area contributed by atoms with E-state index in [1.807, 2.05) is 0 Å². The van der Waals surface area contributed by atoms with Gasteiger partial charge in [-0.25, -0.2) is 9.59 Å². The molecule has 0 saturated carbocycles. The molecule has 0 fully saturated rings. The Balaban J connectivity index is 2.55. The second-order valence-electron chi connectivity index (χ2n) is 4.46. The molecule has 0 unspecified atom stereocenters. The molecular weight excluding hydrogens is 284 g/mol. The van der Waals surface area contributed by atoms with E-state index < -0.39 is 17.7 Å². The van der Waals surface area contributed by atoms with Crippen molar-refractivity contribution < 1.29 is 24.6 Å². The third-order valence-electron chi connectivity index (χ3n) is 2.98. The van der Waals surface area contributed by atoms with Gasteiger partial charge in [0.2, 0.25) is 0 Å². The Hall–Kier alpha value is -3.39. The second kappa shape index (κ2) is 5.94. The molecule has 2 N–H and O–H groups in total. The Bertz CT molecular complexity index is 795. The van der Waals surface area contributed by atoms with Gasteiger partial charge in [-0.3, -0.25) is 4.79 Å². The van der Waals surface area contributed by atoms with Gasteiger partial charge in [0.05, 0.1) is 11.1 Å². The minimum absolute atomic E-state index is 0.0218. The van der Waals surface area contributed by atoms with Crippen LogP contribution in [0, 0.1) is 12.3 Å². The molecule has 108 valence electrons. The van der Waals surface area contributed by atoms with Gasteiger partial charge in [0, 0.05) is 16.7 Å². The van der Waals surface area contributed by atoms with Crippen LogP contribution in [0.1, 0.15) is 42.2 Å². The third kappa shape index (κ3) is 3.02. The summed E-state index contributed by atoms with van der Waals surface area (Å²) in [5, 5.41) is 18.0. The predicted octanol–water partition coefficient (Wildman–Crippen LogP) is 2.30. The first-order valence-corrected chi connectivity index (χ1v) is 6.15. The number of hydrogen-bond acceptors (Lipinski definition) is 3. The zero-order valence-corrected chi connectivity index (χ0v) is 11.2. The van der Waals surface area contributed by atoms with Gasteiger partial charge < -0.3 is 10.2 Å². The summed E-state index contributed by atoms with van der Waals surface area (Å²) in [7, 11) is 0. The lowest BCUT2D eigenvalue weighted by Crippen LogP contribution is -2.08. The normalized spacial score (nSPS) is 9.77. The number of ketones is 1. The lowest BCUT2D eigenvalue weighted by molar-refractivity contribution is 0.0696. The summed E-state index contributed by atoms with van der Waals surface area (Å²) in [6.07, 6.45) is 5.27. The van der Waals surface area contributed by atoms with Crippen molar-refractivity contribution in [2.45, 2.75) is 0 Å². The number of rotatable bonds is 4. The smallest absolute Gasteiger partial charge is 0.335 e. The summed E-state index contributed by atoms with van der Waals surface area (Å²) in [5.74, 6) is -0.726. The fourth-order valence-corrected chi connectivity index (χ4v) is 1.92. The van der Waals surface area contributed by atoms with E-state index in [0.29, 0.717) is 5.56 Å². The van der Waals surface area contributed by atoms with E-state index in [9.17, 15) is 14.4 Å². The molecule has 0 heterocycles. The molecular formula is C17H10O5. The van der Waals surface area contributed by atoms with Crippen LogP contribution < -0.4 is 0 Å². The number of carboxylic acid groups (broad SMARTS) is 2. The Morgan fingerprint density at radius 1 is 0.818 bits per heavy atom. The number of carbonyl (C=O) groups is 3. The lowest BCUT2D eigenvalue weighted by Gasteiger charge is -2.05. The summed E-state index contributed by atoms with van der Waals surface area (Å²) >= 11 is 0. The number of terminal acetylenes is 1. The lowest BCUT2D eigenvalue weighted by atomic mass is 9.97. The molecule has 2 rings (SSSR count). The van der Waals surface area contributed by atoms with Crippen molar-refractivity contribution in [1.29, 1.82) is 0 Å². The van der Waals surface area contributed by atoms with E-state index >= 15 is 0 Å². The molecule has 0 saturated heterocycles. The molecule has 0 aromatic heterocycles. The summed E-state index contributed by atoms with van der Waals surface area (Å²) in [6, 6.07) is 9.53. The number of carboxylic acids is 2. The van der Waals surface area contributed by atoms with Gasteiger partial charge in [-0.2, -0.15) is 0 Å². The third-order valence-corrected chi connectivity index (χ3v) is 2.98. The fourth-order valence-electron chi connectivity index (χ4n) is 1.92. The van der Waals surface area contributed by atoms with Crippen LogP contribution in [-0.2, 0) is 0 Å². The Labute approximate surface area is 125 Å². The molecule has 0 amide bonds. The van der Waals surface area contributed by atoms with Gasteiger partial charge in [0.1, 0.15) is 0 Å². The van der Waals surface area contributed by atoms with E-state index in [0.717, 1.165) is 18.2 Å². The molecule has 2 aromatic carbocycles. The number of hydrogen-bond donors (Lipinski definition) is 2. The largest absolute Gasteiger partial charge is 0.478 e. The second-order valence-corrected chi connectivity index (χ2v) is 4.46. The highest BCUT2D eigenvalue weighted by molar-refractivity contribution is 6.11. The van der Waals surface area contributed by atoms with E-state index in [4.69, 9.17) is 16.6 Å². The molecule has 0 aliphatic rings. The summed E-state index contributed by atoms with van der Waals surface area (Å²) in [5.41, 5.74) is 0.201. The molecule has 0 atom stereocenters. The molecule has 2 aromatic rings. The molecule has 5 heteroatoms. The Kier molecular flexibility index (Phi) is 4.05. The van der Waals surface area contributed by atoms with Crippen molar-refractivity contribution >= 4 is 17.7 Å². The van der Waals surface area contributed by atoms with Gasteiger partial charge in [0.25, 0.3) is 0 Å². The van der Waals surface area contributed by atoms with Crippen molar-refractivity contribution in [3.05, 3.63) is 70.3 Å². The molecule has 0 spiro atoms. The molecule has 0 radical (unpaired) electrons. The number of carbonyl (C=O) groups excluding carboxylic acids is 1. The van der Waals surface area contributed by atoms with Crippen LogP contribution in [0.25, 0.3) is 0 Å². The molecule has 0 bridgehead atoms. The summed E-state index contributed by atoms with van der Waals surface area (Å²) < 4.78 is 0. The first kappa shape index (κ1) is 15.0. The maximum atomic E-state index is 12.4. The Morgan fingerprint density at radius 2 is 1.36 bits per heavy atom. The van der Waals surface area contributed by atoms with E-state index in [-0.39, 0.29) is 22.3 Å². The minimum atomic E-state index is -1.31. The monoisotopic (exact) mass is 294 g/mol. The molecule has 22 heavy (non-hydrogen) atoms. The van der Waals surface area contributed by atoms with Gasteiger partial charge in [0.15, 0.2) is 5.78 Å². The van der Waals surface area contributed by atoms with Crippen LogP contribution in [0.5, 0.6) is 0 Å². The highest BCUT2D eigenvalue weighted by Gasteiger charge is 2.16. The van der Waals surface area contributed by atoms with Crippen LogP contribution in [0.15, 0.2) is 42.5 Å². The molecule has 0 aliphatic heterocycles. The summed E-state index contributed by atoms with van der Waals surface area (Å²) in [6.45, 7) is 0. The van der Waals surface area contributed by atoms with Crippen molar-refractivity contribution in [2.75, 3.05) is 0 Å². The average Bonchev–Trinajstić information content (AvgIpc) is 2.53. The van der Waals surface area contributed by atoms with E-state index in [2.05, 4.69) is 5.92 Å². The van der Waals surface area contributed by atoms with Gasteiger partial charge in [-0.15, -0.1) is 6.42 Å². The van der Waals surface area contributed by atoms with E-state index in [1.54, 1.807) is 12.1 Å². The zero-order valence-electron chi connectivity index (χ0n) is 11.2.